The number of aliphatic hydroxyl groups excluding tert-OH is 1. The first-order chi connectivity index (χ1) is 10.2. The van der Waals surface area contributed by atoms with Crippen LogP contribution in [0.1, 0.15) is 36.8 Å². The molecule has 1 heterocycles. The van der Waals surface area contributed by atoms with Gasteiger partial charge in [-0.15, -0.1) is 0 Å². The van der Waals surface area contributed by atoms with Gasteiger partial charge in [0.05, 0.1) is 19.1 Å². The predicted molar refractivity (Wildman–Crippen MR) is 81.9 cm³/mol. The normalized spacial score (nSPS) is 18.5. The molecule has 1 aromatic carbocycles. The van der Waals surface area contributed by atoms with Crippen molar-refractivity contribution < 1.29 is 14.6 Å². The predicted octanol–water partition coefficient (Wildman–Crippen LogP) is 2.28. The van der Waals surface area contributed by atoms with E-state index in [1.807, 2.05) is 31.2 Å². The molecule has 0 bridgehead atoms. The molecule has 1 amide bonds. The zero-order chi connectivity index (χ0) is 15.1. The molecule has 4 heteroatoms. The summed E-state index contributed by atoms with van der Waals surface area (Å²) in [6.45, 7) is 3.71. The van der Waals surface area contributed by atoms with Crippen molar-refractivity contribution in [3.63, 3.8) is 0 Å². The SMILES string of the molecule is Cc1ccc(CN(CCO)C(=O)C[C@H]2CCCCO2)cc1. The largest absolute Gasteiger partial charge is 0.395 e. The molecule has 1 aliphatic rings. The van der Waals surface area contributed by atoms with Crippen LogP contribution < -0.4 is 0 Å². The Morgan fingerprint density at radius 1 is 1.33 bits per heavy atom. The molecule has 4 nitrogen and oxygen atoms in total. The van der Waals surface area contributed by atoms with Crippen LogP contribution in [-0.2, 0) is 16.1 Å². The first-order valence-corrected chi connectivity index (χ1v) is 7.75. The van der Waals surface area contributed by atoms with Gasteiger partial charge in [0.1, 0.15) is 0 Å². The fourth-order valence-electron chi connectivity index (χ4n) is 2.62. The molecule has 116 valence electrons. The number of carbonyl (C=O) groups excluding carboxylic acids is 1. The van der Waals surface area contributed by atoms with Gasteiger partial charge in [-0.3, -0.25) is 4.79 Å². The zero-order valence-electron chi connectivity index (χ0n) is 12.8. The van der Waals surface area contributed by atoms with Crippen LogP contribution in [0.4, 0.5) is 0 Å². The van der Waals surface area contributed by atoms with Gasteiger partial charge in [0.15, 0.2) is 0 Å². The average Bonchev–Trinajstić information content (AvgIpc) is 2.50. The van der Waals surface area contributed by atoms with Crippen LogP contribution in [0.5, 0.6) is 0 Å². The number of aliphatic hydroxyl groups is 1. The molecule has 1 aromatic rings. The van der Waals surface area contributed by atoms with Crippen molar-refractivity contribution in [3.05, 3.63) is 35.4 Å². The molecule has 0 aliphatic carbocycles. The van der Waals surface area contributed by atoms with Crippen molar-refractivity contribution in [1.82, 2.24) is 4.90 Å². The quantitative estimate of drug-likeness (QED) is 0.875. The van der Waals surface area contributed by atoms with E-state index in [4.69, 9.17) is 4.74 Å². The van der Waals surface area contributed by atoms with E-state index in [1.54, 1.807) is 4.90 Å². The van der Waals surface area contributed by atoms with Crippen molar-refractivity contribution in [2.24, 2.45) is 0 Å². The Kier molecular flexibility index (Phi) is 6.21. The second kappa shape index (κ2) is 8.15. The number of amides is 1. The fourth-order valence-corrected chi connectivity index (χ4v) is 2.62. The maximum absolute atomic E-state index is 12.4. The lowest BCUT2D eigenvalue weighted by atomic mass is 10.1. The van der Waals surface area contributed by atoms with E-state index >= 15 is 0 Å². The third kappa shape index (κ3) is 5.14. The summed E-state index contributed by atoms with van der Waals surface area (Å²) in [5, 5.41) is 9.19. The van der Waals surface area contributed by atoms with Crippen molar-refractivity contribution in [2.75, 3.05) is 19.8 Å². The monoisotopic (exact) mass is 291 g/mol. The molecule has 1 atom stereocenters. The summed E-state index contributed by atoms with van der Waals surface area (Å²) in [5.74, 6) is 0.0662. The van der Waals surface area contributed by atoms with Gasteiger partial charge < -0.3 is 14.7 Å². The van der Waals surface area contributed by atoms with Gasteiger partial charge in [0, 0.05) is 19.7 Å². The van der Waals surface area contributed by atoms with Crippen LogP contribution in [0.3, 0.4) is 0 Å². The summed E-state index contributed by atoms with van der Waals surface area (Å²) in [6, 6.07) is 8.15. The Hall–Kier alpha value is -1.39. The smallest absolute Gasteiger partial charge is 0.225 e. The maximum Gasteiger partial charge on any atom is 0.225 e. The molecule has 0 radical (unpaired) electrons. The molecule has 0 aromatic heterocycles. The van der Waals surface area contributed by atoms with Crippen LogP contribution >= 0.6 is 0 Å². The number of hydrogen-bond acceptors (Lipinski definition) is 3. The van der Waals surface area contributed by atoms with Crippen molar-refractivity contribution in [3.8, 4) is 0 Å². The number of carbonyl (C=O) groups is 1. The first-order valence-electron chi connectivity index (χ1n) is 7.75. The highest BCUT2D eigenvalue weighted by atomic mass is 16.5. The summed E-state index contributed by atoms with van der Waals surface area (Å²) < 4.78 is 5.63. The third-order valence-electron chi connectivity index (χ3n) is 3.89. The van der Waals surface area contributed by atoms with Gasteiger partial charge in [0.2, 0.25) is 5.91 Å². The summed E-state index contributed by atoms with van der Waals surface area (Å²) in [5.41, 5.74) is 2.29. The molecule has 21 heavy (non-hydrogen) atoms. The third-order valence-corrected chi connectivity index (χ3v) is 3.89. The second-order valence-electron chi connectivity index (χ2n) is 5.72. The molecular weight excluding hydrogens is 266 g/mol. The number of ether oxygens (including phenoxy) is 1. The molecule has 0 spiro atoms. The van der Waals surface area contributed by atoms with Gasteiger partial charge in [-0.25, -0.2) is 0 Å². The van der Waals surface area contributed by atoms with Crippen LogP contribution in [0.25, 0.3) is 0 Å². The standard InChI is InChI=1S/C17H25NO3/c1-14-5-7-15(8-6-14)13-18(9-10-19)17(20)12-16-4-2-3-11-21-16/h5-8,16,19H,2-4,9-13H2,1H3/t16-/m1/s1. The Bertz CT molecular complexity index is 438. The fraction of sp³-hybridized carbons (Fsp3) is 0.588. The molecule has 0 unspecified atom stereocenters. The van der Waals surface area contributed by atoms with Gasteiger partial charge in [-0.05, 0) is 31.7 Å². The zero-order valence-corrected chi connectivity index (χ0v) is 12.8. The Morgan fingerprint density at radius 2 is 2.10 bits per heavy atom. The van der Waals surface area contributed by atoms with Crippen LogP contribution in [0.15, 0.2) is 24.3 Å². The lowest BCUT2D eigenvalue weighted by Crippen LogP contribution is -2.36. The van der Waals surface area contributed by atoms with Crippen LogP contribution in [0.2, 0.25) is 0 Å². The Labute approximate surface area is 126 Å². The van der Waals surface area contributed by atoms with E-state index in [1.165, 1.54) is 5.56 Å². The molecule has 0 saturated carbocycles. The van der Waals surface area contributed by atoms with Gasteiger partial charge in [-0.2, -0.15) is 0 Å². The van der Waals surface area contributed by atoms with E-state index in [0.29, 0.717) is 19.5 Å². The van der Waals surface area contributed by atoms with Crippen LogP contribution in [0, 0.1) is 6.92 Å². The molecule has 1 saturated heterocycles. The van der Waals surface area contributed by atoms with Crippen molar-refractivity contribution in [1.29, 1.82) is 0 Å². The minimum absolute atomic E-state index is 0.0108. The lowest BCUT2D eigenvalue weighted by molar-refractivity contribution is -0.136. The number of hydrogen-bond donors (Lipinski definition) is 1. The first kappa shape index (κ1) is 16.0. The van der Waals surface area contributed by atoms with E-state index in [0.717, 1.165) is 31.4 Å². The molecule has 1 aliphatic heterocycles. The summed E-state index contributed by atoms with van der Waals surface area (Å²) in [6.07, 6.45) is 3.66. The van der Waals surface area contributed by atoms with Gasteiger partial charge >= 0.3 is 0 Å². The summed E-state index contributed by atoms with van der Waals surface area (Å²) in [7, 11) is 0. The van der Waals surface area contributed by atoms with E-state index in [2.05, 4.69) is 0 Å². The topological polar surface area (TPSA) is 49.8 Å². The van der Waals surface area contributed by atoms with E-state index < -0.39 is 0 Å². The highest BCUT2D eigenvalue weighted by Crippen LogP contribution is 2.17. The number of aryl methyl sites for hydroxylation is 1. The summed E-state index contributed by atoms with van der Waals surface area (Å²) in [4.78, 5) is 14.1. The van der Waals surface area contributed by atoms with E-state index in [9.17, 15) is 9.90 Å². The number of benzene rings is 1. The summed E-state index contributed by atoms with van der Waals surface area (Å²) >= 11 is 0. The Morgan fingerprint density at radius 3 is 2.71 bits per heavy atom. The van der Waals surface area contributed by atoms with E-state index in [-0.39, 0.29) is 18.6 Å². The van der Waals surface area contributed by atoms with Crippen molar-refractivity contribution in [2.45, 2.75) is 45.3 Å². The minimum Gasteiger partial charge on any atom is -0.395 e. The van der Waals surface area contributed by atoms with Crippen LogP contribution in [-0.4, -0.2) is 41.8 Å². The molecular formula is C17H25NO3. The van der Waals surface area contributed by atoms with Crippen molar-refractivity contribution >= 4 is 5.91 Å². The average molecular weight is 291 g/mol. The Balaban J connectivity index is 1.93. The lowest BCUT2D eigenvalue weighted by Gasteiger charge is -2.27. The van der Waals surface area contributed by atoms with Gasteiger partial charge in [-0.1, -0.05) is 29.8 Å². The molecule has 1 N–H and O–H groups in total. The van der Waals surface area contributed by atoms with Gasteiger partial charge in [0.25, 0.3) is 0 Å². The second-order valence-corrected chi connectivity index (χ2v) is 5.72. The number of rotatable bonds is 6. The minimum atomic E-state index is -0.0108. The highest BCUT2D eigenvalue weighted by Gasteiger charge is 2.21. The highest BCUT2D eigenvalue weighted by molar-refractivity contribution is 5.76. The molecule has 2 rings (SSSR count). The number of nitrogens with zero attached hydrogens (tertiary/aromatic N) is 1. The maximum atomic E-state index is 12.4. The molecule has 1 fully saturated rings.